The first-order valence-corrected chi connectivity index (χ1v) is 10.3. The molecule has 0 aliphatic carbocycles. The van der Waals surface area contributed by atoms with E-state index in [1.807, 2.05) is 60.7 Å². The number of benzene rings is 3. The Morgan fingerprint density at radius 3 is 2.37 bits per heavy atom. The topological polar surface area (TPSA) is 81.6 Å². The second-order valence-electron chi connectivity index (χ2n) is 6.53. The summed E-state index contributed by atoms with van der Waals surface area (Å²) in [7, 11) is 0. The number of aromatic nitrogens is 2. The quantitative estimate of drug-likeness (QED) is 0.420. The molecule has 4 aromatic rings. The number of rotatable bonds is 6. The van der Waals surface area contributed by atoms with E-state index in [4.69, 9.17) is 10.2 Å². The Labute approximate surface area is 178 Å². The zero-order valence-electron chi connectivity index (χ0n) is 16.0. The maximum absolute atomic E-state index is 12.4. The van der Waals surface area contributed by atoms with Crippen molar-refractivity contribution in [3.63, 3.8) is 0 Å². The van der Waals surface area contributed by atoms with Crippen LogP contribution in [0.5, 0.6) is 0 Å². The number of nitrogens with zero attached hydrogens (tertiary/aromatic N) is 2. The molecule has 3 aromatic carbocycles. The van der Waals surface area contributed by atoms with Crippen molar-refractivity contribution in [2.24, 2.45) is 0 Å². The number of hydrogen-bond donors (Lipinski definition) is 2. The number of imidazole rings is 1. The third-order valence-corrected chi connectivity index (χ3v) is 5.28. The van der Waals surface area contributed by atoms with Gasteiger partial charge in [0.05, 0.1) is 28.8 Å². The van der Waals surface area contributed by atoms with Crippen molar-refractivity contribution in [1.82, 2.24) is 9.97 Å². The molecule has 30 heavy (non-hydrogen) atoms. The maximum Gasteiger partial charge on any atom is 0.234 e. The summed E-state index contributed by atoms with van der Waals surface area (Å²) in [5.74, 6) is 0.0428. The highest BCUT2D eigenvalue weighted by molar-refractivity contribution is 7.99. The number of nitriles is 1. The SMILES string of the molecule is N#Cc1cccc(NC(=O)CSc2nc(-c3ccccc3)c(-c3ccccc3)[nH]2)c1. The second-order valence-corrected chi connectivity index (χ2v) is 7.49. The lowest BCUT2D eigenvalue weighted by Crippen LogP contribution is -2.14. The van der Waals surface area contributed by atoms with E-state index in [-0.39, 0.29) is 11.7 Å². The summed E-state index contributed by atoms with van der Waals surface area (Å²) in [6.45, 7) is 0. The van der Waals surface area contributed by atoms with E-state index in [1.54, 1.807) is 24.3 Å². The summed E-state index contributed by atoms with van der Waals surface area (Å²) in [6, 6.07) is 28.9. The number of carbonyl (C=O) groups is 1. The fourth-order valence-electron chi connectivity index (χ4n) is 3.04. The number of amides is 1. The molecule has 146 valence electrons. The molecular weight excluding hydrogens is 392 g/mol. The zero-order chi connectivity index (χ0) is 20.8. The predicted molar refractivity (Wildman–Crippen MR) is 120 cm³/mol. The molecule has 0 spiro atoms. The van der Waals surface area contributed by atoms with Crippen molar-refractivity contribution in [3.8, 4) is 28.6 Å². The third kappa shape index (κ3) is 4.59. The zero-order valence-corrected chi connectivity index (χ0v) is 16.8. The molecule has 2 N–H and O–H groups in total. The number of nitrogens with one attached hydrogen (secondary N) is 2. The van der Waals surface area contributed by atoms with Crippen molar-refractivity contribution in [3.05, 3.63) is 90.5 Å². The average molecular weight is 411 g/mol. The molecule has 0 bridgehead atoms. The van der Waals surface area contributed by atoms with E-state index >= 15 is 0 Å². The van der Waals surface area contributed by atoms with Crippen LogP contribution >= 0.6 is 11.8 Å². The van der Waals surface area contributed by atoms with Gasteiger partial charge in [0, 0.05) is 16.8 Å². The molecule has 0 atom stereocenters. The van der Waals surface area contributed by atoms with Crippen LogP contribution in [0, 0.1) is 11.3 Å². The van der Waals surface area contributed by atoms with Gasteiger partial charge < -0.3 is 10.3 Å². The molecule has 0 saturated heterocycles. The number of hydrogen-bond acceptors (Lipinski definition) is 4. The second kappa shape index (κ2) is 9.12. The largest absolute Gasteiger partial charge is 0.332 e. The molecule has 0 aliphatic rings. The molecule has 4 rings (SSSR count). The van der Waals surface area contributed by atoms with E-state index in [0.717, 1.165) is 22.5 Å². The minimum Gasteiger partial charge on any atom is -0.332 e. The molecule has 0 saturated carbocycles. The smallest absolute Gasteiger partial charge is 0.234 e. The fourth-order valence-corrected chi connectivity index (χ4v) is 3.71. The van der Waals surface area contributed by atoms with Gasteiger partial charge in [-0.25, -0.2) is 4.98 Å². The highest BCUT2D eigenvalue weighted by Crippen LogP contribution is 2.32. The lowest BCUT2D eigenvalue weighted by Gasteiger charge is -2.04. The summed E-state index contributed by atoms with van der Waals surface area (Å²) in [6.07, 6.45) is 0. The molecular formula is C24H18N4OS. The third-order valence-electron chi connectivity index (χ3n) is 4.41. The Bertz CT molecular complexity index is 1140. The van der Waals surface area contributed by atoms with E-state index in [1.165, 1.54) is 11.8 Å². The Balaban J connectivity index is 1.52. The van der Waals surface area contributed by atoms with Gasteiger partial charge in [0.2, 0.25) is 5.91 Å². The standard InChI is InChI=1S/C24H18N4OS/c25-15-17-8-7-13-20(14-17)26-21(29)16-30-24-27-22(18-9-3-1-4-10-18)23(28-24)19-11-5-2-6-12-19/h1-14H,16H2,(H,26,29)(H,27,28). The van der Waals surface area contributed by atoms with Crippen molar-refractivity contribution in [2.75, 3.05) is 11.1 Å². The van der Waals surface area contributed by atoms with E-state index in [9.17, 15) is 4.79 Å². The van der Waals surface area contributed by atoms with Gasteiger partial charge >= 0.3 is 0 Å². The molecule has 1 aromatic heterocycles. The van der Waals surface area contributed by atoms with Crippen LogP contribution in [0.3, 0.4) is 0 Å². The first kappa shape index (κ1) is 19.5. The van der Waals surface area contributed by atoms with Gasteiger partial charge in [-0.1, -0.05) is 78.5 Å². The van der Waals surface area contributed by atoms with E-state index in [2.05, 4.69) is 16.4 Å². The lowest BCUT2D eigenvalue weighted by molar-refractivity contribution is -0.113. The minimum absolute atomic E-state index is 0.158. The number of aromatic amines is 1. The Morgan fingerprint density at radius 1 is 0.967 bits per heavy atom. The maximum atomic E-state index is 12.4. The van der Waals surface area contributed by atoms with Gasteiger partial charge in [-0.15, -0.1) is 0 Å². The van der Waals surface area contributed by atoms with Crippen LogP contribution < -0.4 is 5.32 Å². The molecule has 1 heterocycles. The fraction of sp³-hybridized carbons (Fsp3) is 0.0417. The van der Waals surface area contributed by atoms with Gasteiger partial charge in [0.25, 0.3) is 0 Å². The van der Waals surface area contributed by atoms with Crippen LogP contribution in [0.15, 0.2) is 90.1 Å². The van der Waals surface area contributed by atoms with Crippen LogP contribution in [0.25, 0.3) is 22.5 Å². The van der Waals surface area contributed by atoms with Crippen molar-refractivity contribution in [1.29, 1.82) is 5.26 Å². The van der Waals surface area contributed by atoms with E-state index in [0.29, 0.717) is 16.4 Å². The van der Waals surface area contributed by atoms with Gasteiger partial charge in [0.1, 0.15) is 0 Å². The molecule has 1 amide bonds. The van der Waals surface area contributed by atoms with Crippen molar-refractivity contribution < 1.29 is 4.79 Å². The minimum atomic E-state index is -0.158. The lowest BCUT2D eigenvalue weighted by atomic mass is 10.1. The number of anilines is 1. The number of H-pyrrole nitrogens is 1. The summed E-state index contributed by atoms with van der Waals surface area (Å²) in [5.41, 5.74) is 4.93. The van der Waals surface area contributed by atoms with Crippen LogP contribution in [0.4, 0.5) is 5.69 Å². The van der Waals surface area contributed by atoms with Gasteiger partial charge in [-0.2, -0.15) is 5.26 Å². The summed E-state index contributed by atoms with van der Waals surface area (Å²) >= 11 is 1.34. The monoisotopic (exact) mass is 410 g/mol. The van der Waals surface area contributed by atoms with E-state index < -0.39 is 0 Å². The summed E-state index contributed by atoms with van der Waals surface area (Å²) < 4.78 is 0. The average Bonchev–Trinajstić information content (AvgIpc) is 3.23. The Kier molecular flexibility index (Phi) is 5.93. The molecule has 0 fully saturated rings. The Hall–Kier alpha value is -3.82. The highest BCUT2D eigenvalue weighted by Gasteiger charge is 2.15. The van der Waals surface area contributed by atoms with Crippen molar-refractivity contribution >= 4 is 23.4 Å². The van der Waals surface area contributed by atoms with Crippen molar-refractivity contribution in [2.45, 2.75) is 5.16 Å². The van der Waals surface area contributed by atoms with Crippen LogP contribution in [0.1, 0.15) is 5.56 Å². The van der Waals surface area contributed by atoms with Gasteiger partial charge in [0.15, 0.2) is 5.16 Å². The molecule has 0 radical (unpaired) electrons. The summed E-state index contributed by atoms with van der Waals surface area (Å²) in [4.78, 5) is 20.5. The first-order valence-electron chi connectivity index (χ1n) is 9.36. The van der Waals surface area contributed by atoms with Gasteiger partial charge in [-0.05, 0) is 18.2 Å². The number of carbonyl (C=O) groups excluding carboxylic acids is 1. The Morgan fingerprint density at radius 2 is 1.67 bits per heavy atom. The first-order chi connectivity index (χ1) is 14.7. The molecule has 0 unspecified atom stereocenters. The highest BCUT2D eigenvalue weighted by atomic mass is 32.2. The van der Waals surface area contributed by atoms with Crippen LogP contribution in [-0.2, 0) is 4.79 Å². The predicted octanol–water partition coefficient (Wildman–Crippen LogP) is 5.35. The molecule has 0 aliphatic heterocycles. The van der Waals surface area contributed by atoms with Gasteiger partial charge in [-0.3, -0.25) is 4.79 Å². The molecule has 6 heteroatoms. The molecule has 5 nitrogen and oxygen atoms in total. The van der Waals surface area contributed by atoms with Crippen LogP contribution in [-0.4, -0.2) is 21.6 Å². The normalized spacial score (nSPS) is 10.4. The van der Waals surface area contributed by atoms with Crippen LogP contribution in [0.2, 0.25) is 0 Å². The number of thioether (sulfide) groups is 1. The summed E-state index contributed by atoms with van der Waals surface area (Å²) in [5, 5.41) is 12.5.